The summed E-state index contributed by atoms with van der Waals surface area (Å²) < 4.78 is 0. The summed E-state index contributed by atoms with van der Waals surface area (Å²) in [6, 6.07) is 5.14. The zero-order chi connectivity index (χ0) is 17.0. The van der Waals surface area contributed by atoms with Crippen LogP contribution in [0.15, 0.2) is 18.2 Å². The van der Waals surface area contributed by atoms with Crippen LogP contribution in [0.1, 0.15) is 77.8 Å². The lowest BCUT2D eigenvalue weighted by atomic mass is 10.0. The minimum absolute atomic E-state index is 0.200. The Labute approximate surface area is 136 Å². The monoisotopic (exact) mass is 307 g/mol. The SMILES string of the molecule is CCCCC(C)CC.CCCc1cc([N+](=O)[O-])ccc1CC. The number of non-ortho nitro benzene ring substituents is 1. The van der Waals surface area contributed by atoms with E-state index in [1.807, 2.05) is 6.07 Å². The van der Waals surface area contributed by atoms with Crippen molar-refractivity contribution in [2.75, 3.05) is 0 Å². The van der Waals surface area contributed by atoms with E-state index in [1.54, 1.807) is 12.1 Å². The molecule has 0 aliphatic rings. The zero-order valence-electron chi connectivity index (χ0n) is 15.0. The van der Waals surface area contributed by atoms with Crippen LogP contribution in [0.3, 0.4) is 0 Å². The molecular weight excluding hydrogens is 274 g/mol. The van der Waals surface area contributed by atoms with Gasteiger partial charge in [0, 0.05) is 12.1 Å². The summed E-state index contributed by atoms with van der Waals surface area (Å²) in [5.74, 6) is 0.954. The van der Waals surface area contributed by atoms with E-state index in [-0.39, 0.29) is 10.6 Å². The molecule has 0 aliphatic carbocycles. The van der Waals surface area contributed by atoms with E-state index in [2.05, 4.69) is 34.6 Å². The number of hydrogen-bond acceptors (Lipinski definition) is 2. The summed E-state index contributed by atoms with van der Waals surface area (Å²) in [5.41, 5.74) is 2.53. The average Bonchev–Trinajstić information content (AvgIpc) is 2.53. The Bertz CT molecular complexity index is 429. The summed E-state index contributed by atoms with van der Waals surface area (Å²) in [5, 5.41) is 10.6. The van der Waals surface area contributed by atoms with Crippen LogP contribution in [0.4, 0.5) is 5.69 Å². The number of unbranched alkanes of at least 4 members (excludes halogenated alkanes) is 1. The van der Waals surface area contributed by atoms with Gasteiger partial charge in [-0.05, 0) is 29.9 Å². The third-order valence-corrected chi connectivity index (χ3v) is 4.05. The first-order valence-corrected chi connectivity index (χ1v) is 8.76. The van der Waals surface area contributed by atoms with E-state index in [1.165, 1.54) is 31.2 Å². The van der Waals surface area contributed by atoms with Gasteiger partial charge in [0.1, 0.15) is 0 Å². The zero-order valence-corrected chi connectivity index (χ0v) is 15.0. The molecule has 0 saturated heterocycles. The van der Waals surface area contributed by atoms with Gasteiger partial charge < -0.3 is 0 Å². The molecule has 22 heavy (non-hydrogen) atoms. The van der Waals surface area contributed by atoms with E-state index in [9.17, 15) is 10.1 Å². The third-order valence-electron chi connectivity index (χ3n) is 4.05. The van der Waals surface area contributed by atoms with Gasteiger partial charge in [-0.25, -0.2) is 0 Å². The van der Waals surface area contributed by atoms with Crippen molar-refractivity contribution in [1.29, 1.82) is 0 Å². The van der Waals surface area contributed by atoms with Gasteiger partial charge in [0.15, 0.2) is 0 Å². The maximum atomic E-state index is 10.6. The van der Waals surface area contributed by atoms with Gasteiger partial charge in [-0.2, -0.15) is 0 Å². The number of nitro benzene ring substituents is 1. The third kappa shape index (κ3) is 8.16. The van der Waals surface area contributed by atoms with Crippen molar-refractivity contribution < 1.29 is 4.92 Å². The quantitative estimate of drug-likeness (QED) is 0.416. The van der Waals surface area contributed by atoms with Crippen LogP contribution in [-0.2, 0) is 12.8 Å². The van der Waals surface area contributed by atoms with Crippen molar-refractivity contribution in [3.05, 3.63) is 39.4 Å². The lowest BCUT2D eigenvalue weighted by molar-refractivity contribution is -0.384. The van der Waals surface area contributed by atoms with Crippen LogP contribution in [0.5, 0.6) is 0 Å². The standard InChI is InChI=1S/C11H15NO2.C8H18/c1-3-5-10-8-11(12(13)14)7-6-9(10)4-2;1-4-6-7-8(3)5-2/h6-8H,3-5H2,1-2H3;8H,4-7H2,1-3H3. The molecule has 0 radical (unpaired) electrons. The fourth-order valence-electron chi connectivity index (χ4n) is 2.33. The molecule has 0 fully saturated rings. The first-order valence-electron chi connectivity index (χ1n) is 8.76. The highest BCUT2D eigenvalue weighted by Crippen LogP contribution is 2.19. The van der Waals surface area contributed by atoms with Gasteiger partial charge in [0.2, 0.25) is 0 Å². The Morgan fingerprint density at radius 2 is 1.77 bits per heavy atom. The van der Waals surface area contributed by atoms with E-state index in [0.29, 0.717) is 0 Å². The maximum absolute atomic E-state index is 10.6. The van der Waals surface area contributed by atoms with Crippen molar-refractivity contribution in [3.63, 3.8) is 0 Å². The maximum Gasteiger partial charge on any atom is 0.269 e. The molecule has 0 spiro atoms. The highest BCUT2D eigenvalue weighted by Gasteiger charge is 2.08. The van der Waals surface area contributed by atoms with Crippen LogP contribution in [0.2, 0.25) is 0 Å². The van der Waals surface area contributed by atoms with Gasteiger partial charge in [-0.3, -0.25) is 10.1 Å². The highest BCUT2D eigenvalue weighted by molar-refractivity contribution is 5.40. The van der Waals surface area contributed by atoms with Crippen molar-refractivity contribution in [2.24, 2.45) is 5.92 Å². The molecule has 0 N–H and O–H groups in total. The van der Waals surface area contributed by atoms with Gasteiger partial charge in [-0.15, -0.1) is 0 Å². The molecule has 0 saturated carbocycles. The number of rotatable bonds is 8. The molecule has 126 valence electrons. The molecule has 0 heterocycles. The molecule has 3 nitrogen and oxygen atoms in total. The molecule has 0 amide bonds. The molecule has 0 aliphatic heterocycles. The van der Waals surface area contributed by atoms with E-state index < -0.39 is 0 Å². The normalized spacial score (nSPS) is 11.5. The molecular formula is C19H33NO2. The Hall–Kier alpha value is -1.38. The van der Waals surface area contributed by atoms with Crippen LogP contribution >= 0.6 is 0 Å². The molecule has 1 unspecified atom stereocenters. The number of nitro groups is 1. The highest BCUT2D eigenvalue weighted by atomic mass is 16.6. The lowest BCUT2D eigenvalue weighted by Gasteiger charge is -2.05. The van der Waals surface area contributed by atoms with Gasteiger partial charge in [0.05, 0.1) is 4.92 Å². The minimum atomic E-state index is -0.335. The first-order chi connectivity index (χ1) is 10.5. The van der Waals surface area contributed by atoms with Gasteiger partial charge in [0.25, 0.3) is 5.69 Å². The van der Waals surface area contributed by atoms with Crippen LogP contribution in [0.25, 0.3) is 0 Å². The second kappa shape index (κ2) is 12.2. The first kappa shape index (κ1) is 20.6. The molecule has 0 aromatic heterocycles. The topological polar surface area (TPSA) is 43.1 Å². The molecule has 1 atom stereocenters. The van der Waals surface area contributed by atoms with E-state index >= 15 is 0 Å². The predicted molar refractivity (Wildman–Crippen MR) is 95.4 cm³/mol. The Balaban J connectivity index is 0.000000472. The van der Waals surface area contributed by atoms with Gasteiger partial charge >= 0.3 is 0 Å². The number of hydrogen-bond donors (Lipinski definition) is 0. The summed E-state index contributed by atoms with van der Waals surface area (Å²) in [4.78, 5) is 10.2. The fraction of sp³-hybridized carbons (Fsp3) is 0.684. The minimum Gasteiger partial charge on any atom is -0.258 e. The van der Waals surface area contributed by atoms with Crippen molar-refractivity contribution in [2.45, 2.75) is 79.6 Å². The molecule has 0 bridgehead atoms. The predicted octanol–water partition coefficient (Wildman–Crippen LogP) is 6.33. The van der Waals surface area contributed by atoms with Gasteiger partial charge in [-0.1, -0.05) is 72.8 Å². The summed E-state index contributed by atoms with van der Waals surface area (Å²) >= 11 is 0. The van der Waals surface area contributed by atoms with Crippen LogP contribution in [-0.4, -0.2) is 4.92 Å². The number of benzene rings is 1. The Morgan fingerprint density at radius 3 is 2.23 bits per heavy atom. The summed E-state index contributed by atoms with van der Waals surface area (Å²) in [7, 11) is 0. The molecule has 1 aromatic rings. The summed E-state index contributed by atoms with van der Waals surface area (Å²) in [6.07, 6.45) is 8.42. The second-order valence-electron chi connectivity index (χ2n) is 5.97. The largest absolute Gasteiger partial charge is 0.269 e. The lowest BCUT2D eigenvalue weighted by Crippen LogP contribution is -1.95. The second-order valence-corrected chi connectivity index (χ2v) is 5.97. The summed E-state index contributed by atoms with van der Waals surface area (Å²) in [6.45, 7) is 11.0. The van der Waals surface area contributed by atoms with E-state index in [4.69, 9.17) is 0 Å². The smallest absolute Gasteiger partial charge is 0.258 e. The Morgan fingerprint density at radius 1 is 1.09 bits per heavy atom. The van der Waals surface area contributed by atoms with Crippen molar-refractivity contribution in [3.8, 4) is 0 Å². The Kier molecular flexibility index (Phi) is 11.4. The van der Waals surface area contributed by atoms with Crippen LogP contribution in [0, 0.1) is 16.0 Å². The molecule has 3 heteroatoms. The molecule has 1 rings (SSSR count). The fourth-order valence-corrected chi connectivity index (χ4v) is 2.33. The van der Waals surface area contributed by atoms with Crippen LogP contribution < -0.4 is 0 Å². The molecule has 1 aromatic carbocycles. The van der Waals surface area contributed by atoms with E-state index in [0.717, 1.165) is 30.7 Å². The van der Waals surface area contributed by atoms with Crippen molar-refractivity contribution in [1.82, 2.24) is 0 Å². The number of nitrogens with zero attached hydrogens (tertiary/aromatic N) is 1. The number of aryl methyl sites for hydroxylation is 2. The average molecular weight is 307 g/mol. The van der Waals surface area contributed by atoms with Crippen molar-refractivity contribution >= 4 is 5.69 Å².